The van der Waals surface area contributed by atoms with Gasteiger partial charge in [0.05, 0.1) is 16.6 Å². The van der Waals surface area contributed by atoms with Crippen LogP contribution >= 0.6 is 15.9 Å². The molecule has 0 aliphatic carbocycles. The van der Waals surface area contributed by atoms with Crippen LogP contribution in [0.25, 0.3) is 0 Å². The molecule has 20 heavy (non-hydrogen) atoms. The first kappa shape index (κ1) is 14.5. The molecular weight excluding hydrogens is 326 g/mol. The van der Waals surface area contributed by atoms with Gasteiger partial charge in [-0.05, 0) is 41.3 Å². The Balaban J connectivity index is 2.36. The highest BCUT2D eigenvalue weighted by atomic mass is 79.9. The minimum absolute atomic E-state index is 0.152. The Morgan fingerprint density at radius 1 is 1.50 bits per heavy atom. The number of nitriles is 1. The molecule has 1 aliphatic rings. The van der Waals surface area contributed by atoms with Crippen LogP contribution < -0.4 is 0 Å². The third-order valence-electron chi connectivity index (χ3n) is 3.32. The molecule has 0 saturated carbocycles. The van der Waals surface area contributed by atoms with E-state index in [1.807, 2.05) is 0 Å². The topological polar surface area (TPSA) is 87.2 Å². The maximum atomic E-state index is 12.5. The van der Waals surface area contributed by atoms with Gasteiger partial charge in [-0.2, -0.15) is 5.26 Å². The van der Waals surface area contributed by atoms with Crippen molar-refractivity contribution >= 4 is 27.5 Å². The molecule has 1 amide bonds. The first-order valence-corrected chi connectivity index (χ1v) is 6.99. The summed E-state index contributed by atoms with van der Waals surface area (Å²) in [4.78, 5) is 24.3. The van der Waals surface area contributed by atoms with Crippen LogP contribution in [0.3, 0.4) is 0 Å². The minimum Gasteiger partial charge on any atom is -0.323 e. The summed E-state index contributed by atoms with van der Waals surface area (Å²) in [6.45, 7) is 0.506. The summed E-state index contributed by atoms with van der Waals surface area (Å²) in [7, 11) is 0. The second kappa shape index (κ2) is 6.01. The normalized spacial score (nSPS) is 18.4. The van der Waals surface area contributed by atoms with Crippen molar-refractivity contribution in [2.45, 2.75) is 25.3 Å². The quantitative estimate of drug-likeness (QED) is 0.613. The van der Waals surface area contributed by atoms with Gasteiger partial charge >= 0.3 is 0 Å². The van der Waals surface area contributed by atoms with Crippen molar-refractivity contribution in [1.82, 2.24) is 4.90 Å². The Bertz CT molecular complexity index is 597. The van der Waals surface area contributed by atoms with E-state index < -0.39 is 11.0 Å². The Kier molecular flexibility index (Phi) is 4.35. The lowest BCUT2D eigenvalue weighted by atomic mass is 10.0. The number of carbonyl (C=O) groups excluding carboxylic acids is 1. The number of carbonyl (C=O) groups is 1. The van der Waals surface area contributed by atoms with Crippen molar-refractivity contribution in [1.29, 1.82) is 5.26 Å². The predicted molar refractivity (Wildman–Crippen MR) is 75.1 cm³/mol. The third kappa shape index (κ3) is 2.65. The SMILES string of the molecule is N#CC1CCCCN1C(=O)c1cccc([N+](=O)[O-])c1Br. The molecule has 0 aromatic heterocycles. The molecule has 1 fully saturated rings. The summed E-state index contributed by atoms with van der Waals surface area (Å²) < 4.78 is 0.164. The highest BCUT2D eigenvalue weighted by molar-refractivity contribution is 9.10. The minimum atomic E-state index is -0.543. The van der Waals surface area contributed by atoms with Gasteiger partial charge in [0, 0.05) is 12.6 Å². The number of amides is 1. The van der Waals surface area contributed by atoms with Gasteiger partial charge < -0.3 is 4.90 Å². The fourth-order valence-corrected chi connectivity index (χ4v) is 2.87. The number of nitro benzene ring substituents is 1. The molecule has 6 nitrogen and oxygen atoms in total. The Morgan fingerprint density at radius 3 is 2.90 bits per heavy atom. The van der Waals surface area contributed by atoms with Crippen molar-refractivity contribution in [2.24, 2.45) is 0 Å². The van der Waals surface area contributed by atoms with Crippen LogP contribution in [0.2, 0.25) is 0 Å². The number of nitro groups is 1. The smallest absolute Gasteiger partial charge is 0.284 e. The lowest BCUT2D eigenvalue weighted by Crippen LogP contribution is -2.43. The number of halogens is 1. The molecule has 0 bridgehead atoms. The highest BCUT2D eigenvalue weighted by Crippen LogP contribution is 2.30. The maximum absolute atomic E-state index is 12.5. The van der Waals surface area contributed by atoms with Crippen LogP contribution in [-0.4, -0.2) is 28.3 Å². The highest BCUT2D eigenvalue weighted by Gasteiger charge is 2.30. The number of hydrogen-bond acceptors (Lipinski definition) is 4. The number of benzene rings is 1. The van der Waals surface area contributed by atoms with Crippen LogP contribution in [0, 0.1) is 21.4 Å². The number of hydrogen-bond donors (Lipinski definition) is 0. The lowest BCUT2D eigenvalue weighted by Gasteiger charge is -2.31. The van der Waals surface area contributed by atoms with Crippen molar-refractivity contribution in [3.05, 3.63) is 38.3 Å². The van der Waals surface area contributed by atoms with E-state index in [0.717, 1.165) is 12.8 Å². The van der Waals surface area contributed by atoms with Crippen LogP contribution in [0.1, 0.15) is 29.6 Å². The molecule has 1 aromatic rings. The number of likely N-dealkylation sites (tertiary alicyclic amines) is 1. The largest absolute Gasteiger partial charge is 0.323 e. The predicted octanol–water partition coefficient (Wildman–Crippen LogP) is 2.88. The summed E-state index contributed by atoms with van der Waals surface area (Å²) >= 11 is 3.12. The second-order valence-corrected chi connectivity index (χ2v) is 5.33. The molecule has 1 aliphatic heterocycles. The summed E-state index contributed by atoms with van der Waals surface area (Å²) in [5.41, 5.74) is 0.0720. The molecule has 1 aromatic carbocycles. The standard InChI is InChI=1S/C13H12BrN3O3/c14-12-10(5-3-6-11(12)17(19)20)13(18)16-7-2-1-4-9(16)8-15/h3,5-6,9H,1-2,4,7H2. The van der Waals surface area contributed by atoms with Gasteiger partial charge in [-0.3, -0.25) is 14.9 Å². The fourth-order valence-electron chi connectivity index (χ4n) is 2.29. The summed E-state index contributed by atoms with van der Waals surface area (Å²) in [5, 5.41) is 20.0. The van der Waals surface area contributed by atoms with Gasteiger partial charge in [-0.25, -0.2) is 0 Å². The van der Waals surface area contributed by atoms with Gasteiger partial charge in [-0.1, -0.05) is 6.07 Å². The van der Waals surface area contributed by atoms with E-state index in [0.29, 0.717) is 13.0 Å². The molecule has 2 rings (SSSR count). The van der Waals surface area contributed by atoms with E-state index >= 15 is 0 Å². The molecule has 104 valence electrons. The van der Waals surface area contributed by atoms with Crippen LogP contribution in [0.15, 0.2) is 22.7 Å². The average molecular weight is 338 g/mol. The molecule has 7 heteroatoms. The average Bonchev–Trinajstić information content (AvgIpc) is 2.46. The third-order valence-corrected chi connectivity index (χ3v) is 4.15. The van der Waals surface area contributed by atoms with Crippen molar-refractivity contribution < 1.29 is 9.72 Å². The molecule has 0 spiro atoms. The maximum Gasteiger partial charge on any atom is 0.284 e. The van der Waals surface area contributed by atoms with Gasteiger partial charge in [0.2, 0.25) is 0 Å². The van der Waals surface area contributed by atoms with E-state index in [1.54, 1.807) is 0 Å². The lowest BCUT2D eigenvalue weighted by molar-refractivity contribution is -0.385. The van der Waals surface area contributed by atoms with E-state index in [9.17, 15) is 14.9 Å². The van der Waals surface area contributed by atoms with Gasteiger partial charge in [0.15, 0.2) is 0 Å². The van der Waals surface area contributed by atoms with E-state index in [1.165, 1.54) is 23.1 Å². The Hall–Kier alpha value is -1.94. The van der Waals surface area contributed by atoms with Crippen LogP contribution in [0.4, 0.5) is 5.69 Å². The zero-order valence-corrected chi connectivity index (χ0v) is 12.2. The molecule has 1 atom stereocenters. The van der Waals surface area contributed by atoms with Gasteiger partial charge in [0.25, 0.3) is 11.6 Å². The zero-order chi connectivity index (χ0) is 14.7. The summed E-state index contributed by atoms with van der Waals surface area (Å²) in [6.07, 6.45) is 2.41. The van der Waals surface area contributed by atoms with Crippen molar-refractivity contribution in [3.63, 3.8) is 0 Å². The van der Waals surface area contributed by atoms with Gasteiger partial charge in [0.1, 0.15) is 10.5 Å². The molecule has 1 unspecified atom stereocenters. The zero-order valence-electron chi connectivity index (χ0n) is 10.6. The van der Waals surface area contributed by atoms with E-state index in [-0.39, 0.29) is 21.6 Å². The molecule has 1 heterocycles. The Labute approximate surface area is 124 Å². The fraction of sp³-hybridized carbons (Fsp3) is 0.385. The molecule has 0 radical (unpaired) electrons. The van der Waals surface area contributed by atoms with Crippen molar-refractivity contribution in [2.75, 3.05) is 6.54 Å². The first-order valence-electron chi connectivity index (χ1n) is 6.19. The molecule has 0 N–H and O–H groups in total. The first-order chi connectivity index (χ1) is 9.56. The molecular formula is C13H12BrN3O3. The van der Waals surface area contributed by atoms with E-state index in [4.69, 9.17) is 5.26 Å². The van der Waals surface area contributed by atoms with Crippen molar-refractivity contribution in [3.8, 4) is 6.07 Å². The summed E-state index contributed by atoms with van der Waals surface area (Å²) in [6, 6.07) is 6.00. The van der Waals surface area contributed by atoms with E-state index in [2.05, 4.69) is 22.0 Å². The second-order valence-electron chi connectivity index (χ2n) is 4.54. The number of piperidine rings is 1. The van der Waals surface area contributed by atoms with Gasteiger partial charge in [-0.15, -0.1) is 0 Å². The number of rotatable bonds is 2. The number of nitrogens with zero attached hydrogens (tertiary/aromatic N) is 3. The Morgan fingerprint density at radius 2 is 2.25 bits per heavy atom. The summed E-state index contributed by atoms with van der Waals surface area (Å²) in [5.74, 6) is -0.341. The van der Waals surface area contributed by atoms with Crippen LogP contribution in [0.5, 0.6) is 0 Å². The molecule has 1 saturated heterocycles. The monoisotopic (exact) mass is 337 g/mol. The van der Waals surface area contributed by atoms with Crippen LogP contribution in [-0.2, 0) is 0 Å².